The quantitative estimate of drug-likeness (QED) is 0.410. The number of pyridine rings is 1. The molecule has 0 spiro atoms. The fourth-order valence-corrected chi connectivity index (χ4v) is 4.73. The van der Waals surface area contributed by atoms with E-state index in [1.54, 1.807) is 24.5 Å². The van der Waals surface area contributed by atoms with Crippen molar-refractivity contribution in [3.8, 4) is 0 Å². The monoisotopic (exact) mass is 492 g/mol. The van der Waals surface area contributed by atoms with Gasteiger partial charge in [-0.25, -0.2) is 0 Å². The van der Waals surface area contributed by atoms with Crippen LogP contribution >= 0.6 is 0 Å². The Morgan fingerprint density at radius 2 is 1.59 bits per heavy atom. The number of nitrogens with zero attached hydrogens (tertiary/aromatic N) is 2. The van der Waals surface area contributed by atoms with Crippen LogP contribution in [-0.2, 0) is 11.3 Å². The number of aromatic nitrogens is 1. The number of hydrogen-bond acceptors (Lipinski definition) is 4. The number of nitrogens with one attached hydrogen (secondary N) is 2. The highest BCUT2D eigenvalue weighted by molar-refractivity contribution is 6.07. The molecule has 0 radical (unpaired) electrons. The lowest BCUT2D eigenvalue weighted by Crippen LogP contribution is -2.43. The van der Waals surface area contributed by atoms with Crippen molar-refractivity contribution in [3.63, 3.8) is 0 Å². The van der Waals surface area contributed by atoms with Gasteiger partial charge in [0.25, 0.3) is 11.8 Å². The van der Waals surface area contributed by atoms with Gasteiger partial charge in [0.05, 0.1) is 0 Å². The Balaban J connectivity index is 1.13. The second kappa shape index (κ2) is 11.0. The Bertz CT molecular complexity index is 1420. The van der Waals surface area contributed by atoms with Gasteiger partial charge in [0, 0.05) is 54.8 Å². The normalized spacial score (nSPS) is 13.8. The highest BCUT2D eigenvalue weighted by Crippen LogP contribution is 2.24. The third-order valence-corrected chi connectivity index (χ3v) is 6.77. The average Bonchev–Trinajstić information content (AvgIpc) is 2.96. The predicted octanol–water partition coefficient (Wildman–Crippen LogP) is 4.66. The van der Waals surface area contributed by atoms with Crippen LogP contribution in [0.3, 0.4) is 0 Å². The van der Waals surface area contributed by atoms with Gasteiger partial charge in [-0.15, -0.1) is 0 Å². The van der Waals surface area contributed by atoms with E-state index in [1.165, 1.54) is 0 Å². The Morgan fingerprint density at radius 3 is 2.41 bits per heavy atom. The zero-order valence-electron chi connectivity index (χ0n) is 20.4. The van der Waals surface area contributed by atoms with Crippen molar-refractivity contribution in [1.82, 2.24) is 15.2 Å². The van der Waals surface area contributed by atoms with Crippen molar-refractivity contribution < 1.29 is 14.4 Å². The van der Waals surface area contributed by atoms with Crippen LogP contribution in [0.15, 0.2) is 91.3 Å². The third-order valence-electron chi connectivity index (χ3n) is 6.77. The topological polar surface area (TPSA) is 91.4 Å². The summed E-state index contributed by atoms with van der Waals surface area (Å²) in [6.45, 7) is 1.47. The number of carbonyl (C=O) groups excluding carboxylic acids is 3. The molecule has 5 rings (SSSR count). The number of fused-ring (bicyclic) bond motifs is 1. The maximum atomic E-state index is 13.2. The molecule has 37 heavy (non-hydrogen) atoms. The van der Waals surface area contributed by atoms with E-state index in [9.17, 15) is 14.4 Å². The molecule has 186 valence electrons. The summed E-state index contributed by atoms with van der Waals surface area (Å²) in [5.41, 5.74) is 2.79. The van der Waals surface area contributed by atoms with Gasteiger partial charge in [-0.05, 0) is 59.5 Å². The molecule has 1 aliphatic heterocycles. The van der Waals surface area contributed by atoms with Crippen molar-refractivity contribution in [2.45, 2.75) is 19.4 Å². The van der Waals surface area contributed by atoms with Crippen LogP contribution < -0.4 is 10.6 Å². The molecule has 0 bridgehead atoms. The number of hydrogen-bond donors (Lipinski definition) is 2. The Labute approximate surface area is 215 Å². The van der Waals surface area contributed by atoms with Gasteiger partial charge in [-0.3, -0.25) is 19.4 Å². The molecule has 0 saturated carbocycles. The van der Waals surface area contributed by atoms with E-state index >= 15 is 0 Å². The Morgan fingerprint density at radius 1 is 0.865 bits per heavy atom. The molecule has 0 atom stereocenters. The molecule has 1 saturated heterocycles. The minimum absolute atomic E-state index is 0.0107. The number of benzene rings is 3. The number of anilines is 1. The molecule has 4 aromatic rings. The van der Waals surface area contributed by atoms with Crippen LogP contribution in [0.25, 0.3) is 10.8 Å². The van der Waals surface area contributed by atoms with E-state index in [-0.39, 0.29) is 23.6 Å². The summed E-state index contributed by atoms with van der Waals surface area (Å²) in [6, 6.07) is 24.4. The van der Waals surface area contributed by atoms with Crippen molar-refractivity contribution in [1.29, 1.82) is 0 Å². The number of amides is 3. The first kappa shape index (κ1) is 24.2. The fraction of sp³-hybridized carbons (Fsp3) is 0.200. The molecular weight excluding hydrogens is 464 g/mol. The van der Waals surface area contributed by atoms with Crippen LogP contribution in [0, 0.1) is 5.92 Å². The molecule has 7 heteroatoms. The van der Waals surface area contributed by atoms with Crippen molar-refractivity contribution in [2.75, 3.05) is 18.4 Å². The van der Waals surface area contributed by atoms with Crippen LogP contribution in [0.5, 0.6) is 0 Å². The molecule has 3 amide bonds. The van der Waals surface area contributed by atoms with E-state index in [0.29, 0.717) is 49.3 Å². The highest BCUT2D eigenvalue weighted by atomic mass is 16.2. The van der Waals surface area contributed by atoms with Gasteiger partial charge in [0.2, 0.25) is 5.91 Å². The minimum atomic E-state index is -0.214. The lowest BCUT2D eigenvalue weighted by atomic mass is 9.94. The van der Waals surface area contributed by atoms with E-state index in [0.717, 1.165) is 16.3 Å². The second-order valence-electron chi connectivity index (χ2n) is 9.20. The molecule has 1 fully saturated rings. The van der Waals surface area contributed by atoms with Crippen molar-refractivity contribution in [3.05, 3.63) is 108 Å². The molecule has 1 aromatic heterocycles. The van der Waals surface area contributed by atoms with Gasteiger partial charge in [0.1, 0.15) is 0 Å². The van der Waals surface area contributed by atoms with Crippen molar-refractivity contribution in [2.24, 2.45) is 5.92 Å². The summed E-state index contributed by atoms with van der Waals surface area (Å²) in [4.78, 5) is 44.2. The molecule has 0 unspecified atom stereocenters. The van der Waals surface area contributed by atoms with Crippen LogP contribution in [0.1, 0.15) is 39.1 Å². The standard InChI is InChI=1S/C30H28N4O3/c35-28(32-20-21-5-3-8-25(19-21)33-29(36)23-11-15-31-16-12-23)24-13-17-34(18-14-24)30(37)27-10-4-7-22-6-1-2-9-26(22)27/h1-12,15-16,19,24H,13-14,17-18,20H2,(H,32,35)(H,33,36). The lowest BCUT2D eigenvalue weighted by molar-refractivity contribution is -0.126. The number of rotatable bonds is 6. The zero-order valence-corrected chi connectivity index (χ0v) is 20.4. The molecule has 2 N–H and O–H groups in total. The maximum Gasteiger partial charge on any atom is 0.255 e. The smallest absolute Gasteiger partial charge is 0.255 e. The fourth-order valence-electron chi connectivity index (χ4n) is 4.73. The lowest BCUT2D eigenvalue weighted by Gasteiger charge is -2.31. The molecule has 1 aliphatic rings. The maximum absolute atomic E-state index is 13.2. The van der Waals surface area contributed by atoms with Gasteiger partial charge in [-0.2, -0.15) is 0 Å². The Hall–Kier alpha value is -4.52. The van der Waals surface area contributed by atoms with Gasteiger partial charge < -0.3 is 15.5 Å². The van der Waals surface area contributed by atoms with E-state index in [4.69, 9.17) is 0 Å². The SMILES string of the molecule is O=C(Nc1cccc(CNC(=O)C2CCN(C(=O)c3cccc4ccccc34)CC2)c1)c1ccncc1. The largest absolute Gasteiger partial charge is 0.352 e. The molecule has 3 aromatic carbocycles. The molecular formula is C30H28N4O3. The van der Waals surface area contributed by atoms with Gasteiger partial charge >= 0.3 is 0 Å². The second-order valence-corrected chi connectivity index (χ2v) is 9.20. The zero-order chi connectivity index (χ0) is 25.6. The Kier molecular flexibility index (Phi) is 7.21. The summed E-state index contributed by atoms with van der Waals surface area (Å²) < 4.78 is 0. The van der Waals surface area contributed by atoms with Gasteiger partial charge in [-0.1, -0.05) is 48.5 Å². The molecule has 2 heterocycles. The first-order valence-corrected chi connectivity index (χ1v) is 12.4. The van der Waals surface area contributed by atoms with E-state index < -0.39 is 0 Å². The summed E-state index contributed by atoms with van der Waals surface area (Å²) >= 11 is 0. The average molecular weight is 493 g/mol. The summed E-state index contributed by atoms with van der Waals surface area (Å²) in [5.74, 6) is -0.343. The summed E-state index contributed by atoms with van der Waals surface area (Å²) in [6.07, 6.45) is 4.41. The van der Waals surface area contributed by atoms with E-state index in [1.807, 2.05) is 71.6 Å². The van der Waals surface area contributed by atoms with Gasteiger partial charge in [0.15, 0.2) is 0 Å². The molecule has 0 aliphatic carbocycles. The van der Waals surface area contributed by atoms with Crippen LogP contribution in [0.2, 0.25) is 0 Å². The van der Waals surface area contributed by atoms with E-state index in [2.05, 4.69) is 15.6 Å². The predicted molar refractivity (Wildman–Crippen MR) is 143 cm³/mol. The van der Waals surface area contributed by atoms with Crippen LogP contribution in [-0.4, -0.2) is 40.7 Å². The third kappa shape index (κ3) is 5.67. The first-order valence-electron chi connectivity index (χ1n) is 12.4. The van der Waals surface area contributed by atoms with Crippen LogP contribution in [0.4, 0.5) is 5.69 Å². The minimum Gasteiger partial charge on any atom is -0.352 e. The summed E-state index contributed by atoms with van der Waals surface area (Å²) in [5, 5.41) is 7.89. The highest BCUT2D eigenvalue weighted by Gasteiger charge is 2.28. The number of likely N-dealkylation sites (tertiary alicyclic amines) is 1. The van der Waals surface area contributed by atoms with Crippen molar-refractivity contribution >= 4 is 34.2 Å². The number of carbonyl (C=O) groups is 3. The summed E-state index contributed by atoms with van der Waals surface area (Å²) in [7, 11) is 0. The molecule has 7 nitrogen and oxygen atoms in total. The first-order chi connectivity index (χ1) is 18.1. The number of piperidine rings is 1.